The first-order valence-corrected chi connectivity index (χ1v) is 16.2. The molecule has 3 aromatic heterocycles. The fourth-order valence-corrected chi connectivity index (χ4v) is 6.41. The molecule has 2 fully saturated rings. The summed E-state index contributed by atoms with van der Waals surface area (Å²) in [6.07, 6.45) is 5.16. The van der Waals surface area contributed by atoms with Gasteiger partial charge in [0.05, 0.1) is 40.3 Å². The van der Waals surface area contributed by atoms with Gasteiger partial charge in [-0.05, 0) is 42.7 Å². The Morgan fingerprint density at radius 2 is 1.96 bits per heavy atom. The number of rotatable bonds is 11. The molecule has 0 saturated carbocycles. The van der Waals surface area contributed by atoms with Gasteiger partial charge in [0, 0.05) is 74.3 Å². The van der Waals surface area contributed by atoms with E-state index in [4.69, 9.17) is 32.9 Å². The normalized spacial score (nSPS) is 17.9. The first-order valence-electron chi connectivity index (χ1n) is 15.4. The van der Waals surface area contributed by atoms with Crippen molar-refractivity contribution in [2.45, 2.75) is 44.5 Å². The maximum absolute atomic E-state index is 13.1. The number of pyridine rings is 3. The predicted molar refractivity (Wildman–Crippen MR) is 180 cm³/mol. The van der Waals surface area contributed by atoms with Crippen LogP contribution in [0.1, 0.15) is 40.9 Å². The Balaban J connectivity index is 1.16. The second-order valence-electron chi connectivity index (χ2n) is 11.7. The molecule has 2 atom stereocenters. The van der Waals surface area contributed by atoms with Crippen molar-refractivity contribution in [2.75, 3.05) is 32.1 Å². The van der Waals surface area contributed by atoms with E-state index < -0.39 is 5.91 Å². The van der Waals surface area contributed by atoms with Gasteiger partial charge in [0.2, 0.25) is 11.8 Å². The molecule has 6 rings (SSSR count). The summed E-state index contributed by atoms with van der Waals surface area (Å²) in [5, 5.41) is 19.6. The largest absolute Gasteiger partial charge is 0.481 e. The molecule has 4 aromatic rings. The molecule has 0 radical (unpaired) electrons. The fourth-order valence-electron chi connectivity index (χ4n) is 5.84. The molecule has 2 saturated heterocycles. The molecule has 13 heteroatoms. The maximum atomic E-state index is 13.1. The lowest BCUT2D eigenvalue weighted by Gasteiger charge is -2.15. The molecule has 5 heterocycles. The fraction of sp³-hybridized carbons (Fsp3) is 0.324. The molecule has 47 heavy (non-hydrogen) atoms. The zero-order chi connectivity index (χ0) is 32.9. The number of anilines is 1. The van der Waals surface area contributed by atoms with Crippen LogP contribution in [0.5, 0.6) is 5.88 Å². The molecule has 0 unspecified atom stereocenters. The third kappa shape index (κ3) is 7.72. The third-order valence-electron chi connectivity index (χ3n) is 8.30. The van der Waals surface area contributed by atoms with E-state index in [1.54, 1.807) is 49.8 Å². The number of carbonyl (C=O) groups excluding carboxylic acids is 2. The van der Waals surface area contributed by atoms with Crippen molar-refractivity contribution in [1.29, 1.82) is 0 Å². The number of aromatic nitrogens is 3. The van der Waals surface area contributed by atoms with Crippen LogP contribution in [-0.4, -0.2) is 75.7 Å². The number of carbonyl (C=O) groups is 2. The van der Waals surface area contributed by atoms with Crippen LogP contribution in [0.2, 0.25) is 10.0 Å². The molecule has 244 valence electrons. The van der Waals surface area contributed by atoms with Crippen LogP contribution < -0.4 is 20.7 Å². The van der Waals surface area contributed by atoms with E-state index in [9.17, 15) is 14.7 Å². The van der Waals surface area contributed by atoms with E-state index in [1.165, 1.54) is 0 Å². The Kier molecular flexibility index (Phi) is 10.3. The molecule has 2 aliphatic rings. The predicted octanol–water partition coefficient (Wildman–Crippen LogP) is 4.71. The lowest BCUT2D eigenvalue weighted by Crippen LogP contribution is -2.35. The Morgan fingerprint density at radius 1 is 1.09 bits per heavy atom. The average Bonchev–Trinajstić information content (AvgIpc) is 3.69. The van der Waals surface area contributed by atoms with Gasteiger partial charge in [-0.2, -0.15) is 0 Å². The van der Waals surface area contributed by atoms with Crippen molar-refractivity contribution in [3.8, 4) is 28.4 Å². The zero-order valence-electron chi connectivity index (χ0n) is 25.8. The zero-order valence-corrected chi connectivity index (χ0v) is 27.3. The van der Waals surface area contributed by atoms with Crippen LogP contribution in [-0.2, 0) is 17.9 Å². The SMILES string of the molecule is COc1nc(-c2ccnc(-c3cccc(NC(=O)c4ccc(CN5CC[C@@H](O)C5)cn4)c3Cl)c2Cl)ccc1CNC[C@H]1CCC(=O)N1. The number of methoxy groups -OCH3 is 1. The van der Waals surface area contributed by atoms with Gasteiger partial charge in [-0.15, -0.1) is 0 Å². The average molecular weight is 677 g/mol. The van der Waals surface area contributed by atoms with Gasteiger partial charge in [0.15, 0.2) is 0 Å². The topological polar surface area (TPSA) is 142 Å². The van der Waals surface area contributed by atoms with Gasteiger partial charge in [-0.3, -0.25) is 24.5 Å². The Bertz CT molecular complexity index is 1770. The van der Waals surface area contributed by atoms with Crippen LogP contribution in [0.4, 0.5) is 5.69 Å². The van der Waals surface area contributed by atoms with Gasteiger partial charge in [0.1, 0.15) is 5.69 Å². The van der Waals surface area contributed by atoms with E-state index in [-0.39, 0.29) is 28.8 Å². The van der Waals surface area contributed by atoms with Crippen molar-refractivity contribution in [2.24, 2.45) is 0 Å². The number of benzene rings is 1. The third-order valence-corrected chi connectivity index (χ3v) is 9.09. The first-order chi connectivity index (χ1) is 22.8. The minimum Gasteiger partial charge on any atom is -0.481 e. The second kappa shape index (κ2) is 14.7. The quantitative estimate of drug-likeness (QED) is 0.178. The van der Waals surface area contributed by atoms with Crippen molar-refractivity contribution in [3.05, 3.63) is 87.8 Å². The number of hydrogen-bond donors (Lipinski definition) is 4. The summed E-state index contributed by atoms with van der Waals surface area (Å²) in [5.74, 6) is 0.139. The summed E-state index contributed by atoms with van der Waals surface area (Å²) in [7, 11) is 1.57. The summed E-state index contributed by atoms with van der Waals surface area (Å²) >= 11 is 13.8. The lowest BCUT2D eigenvalue weighted by molar-refractivity contribution is -0.119. The van der Waals surface area contributed by atoms with Crippen molar-refractivity contribution < 1.29 is 19.4 Å². The van der Waals surface area contributed by atoms with E-state index in [2.05, 4.69) is 30.8 Å². The van der Waals surface area contributed by atoms with Gasteiger partial charge in [0.25, 0.3) is 5.91 Å². The number of amides is 2. The molecule has 1 aromatic carbocycles. The Morgan fingerprint density at radius 3 is 2.68 bits per heavy atom. The number of aliphatic hydroxyl groups excluding tert-OH is 1. The molecule has 4 N–H and O–H groups in total. The number of halogens is 2. The number of ether oxygens (including phenoxy) is 1. The highest BCUT2D eigenvalue weighted by atomic mass is 35.5. The van der Waals surface area contributed by atoms with Crippen LogP contribution in [0.3, 0.4) is 0 Å². The standard InChI is InChI=1S/C34H35Cl2N7O4/c1-47-34-21(16-37-17-22-7-10-29(45)40-22)6-9-26(42-34)24-11-13-38-32(31(24)36)25-3-2-4-27(30(25)35)41-33(46)28-8-5-20(15-39-28)18-43-14-12-23(44)19-43/h2-6,8-9,11,13,15,22-23,37,44H,7,10,12,14,16-19H2,1H3,(H,40,45)(H,41,46)/t22-,23-/m1/s1. The number of likely N-dealkylation sites (tertiary alicyclic amines) is 1. The lowest BCUT2D eigenvalue weighted by atomic mass is 10.1. The Hall–Kier alpha value is -4.13. The van der Waals surface area contributed by atoms with E-state index in [0.29, 0.717) is 71.7 Å². The van der Waals surface area contributed by atoms with Gasteiger partial charge in [-0.1, -0.05) is 47.5 Å². The van der Waals surface area contributed by atoms with Crippen molar-refractivity contribution in [1.82, 2.24) is 30.5 Å². The minimum atomic E-state index is -0.404. The van der Waals surface area contributed by atoms with E-state index >= 15 is 0 Å². The van der Waals surface area contributed by atoms with Gasteiger partial charge in [-0.25, -0.2) is 4.98 Å². The van der Waals surface area contributed by atoms with E-state index in [1.807, 2.05) is 18.2 Å². The highest BCUT2D eigenvalue weighted by molar-refractivity contribution is 6.39. The number of aliphatic hydroxyl groups is 1. The maximum Gasteiger partial charge on any atom is 0.274 e. The Labute approximate surface area is 282 Å². The first kappa shape index (κ1) is 32.8. The van der Waals surface area contributed by atoms with Crippen molar-refractivity contribution in [3.63, 3.8) is 0 Å². The highest BCUT2D eigenvalue weighted by Gasteiger charge is 2.22. The van der Waals surface area contributed by atoms with Gasteiger partial charge >= 0.3 is 0 Å². The molecule has 0 aliphatic carbocycles. The van der Waals surface area contributed by atoms with Crippen molar-refractivity contribution >= 4 is 40.7 Å². The summed E-state index contributed by atoms with van der Waals surface area (Å²) in [5.41, 5.74) is 4.68. The highest BCUT2D eigenvalue weighted by Crippen LogP contribution is 2.40. The number of nitrogens with one attached hydrogen (secondary N) is 3. The van der Waals surface area contributed by atoms with Crippen LogP contribution in [0.15, 0.2) is 60.9 Å². The molecular formula is C34H35Cl2N7O4. The second-order valence-corrected chi connectivity index (χ2v) is 12.4. The number of hydrogen-bond acceptors (Lipinski definition) is 9. The van der Waals surface area contributed by atoms with E-state index in [0.717, 1.165) is 30.5 Å². The van der Waals surface area contributed by atoms with Crippen LogP contribution in [0.25, 0.3) is 22.5 Å². The minimum absolute atomic E-state index is 0.0849. The summed E-state index contributed by atoms with van der Waals surface area (Å²) < 4.78 is 5.59. The molecule has 0 spiro atoms. The molecule has 2 amide bonds. The monoisotopic (exact) mass is 675 g/mol. The molecule has 0 bridgehead atoms. The summed E-state index contributed by atoms with van der Waals surface area (Å²) in [4.78, 5) is 40.3. The molecule has 11 nitrogen and oxygen atoms in total. The molecular weight excluding hydrogens is 641 g/mol. The van der Waals surface area contributed by atoms with Crippen LogP contribution in [0, 0.1) is 0 Å². The number of nitrogens with zero attached hydrogens (tertiary/aromatic N) is 4. The molecule has 2 aliphatic heterocycles. The summed E-state index contributed by atoms with van der Waals surface area (Å²) in [6, 6.07) is 14.5. The number of β-amino-alcohol motifs (C(OH)–C–C–N with tert-alkyl or cyclic N) is 1. The van der Waals surface area contributed by atoms with Crippen LogP contribution >= 0.6 is 23.2 Å². The summed E-state index contributed by atoms with van der Waals surface area (Å²) in [6.45, 7) is 3.31. The smallest absolute Gasteiger partial charge is 0.274 e. The van der Waals surface area contributed by atoms with Gasteiger partial charge < -0.3 is 25.8 Å².